The summed E-state index contributed by atoms with van der Waals surface area (Å²) < 4.78 is 13.2. The Balaban J connectivity index is 0.00000312. The number of hydrogen-bond acceptors (Lipinski definition) is 2. The highest BCUT2D eigenvalue weighted by atomic mass is 127. The number of hydrogen-bond donors (Lipinski definition) is 2. The second-order valence-electron chi connectivity index (χ2n) is 7.09. The summed E-state index contributed by atoms with van der Waals surface area (Å²) in [7, 11) is 1.78. The lowest BCUT2D eigenvalue weighted by molar-refractivity contribution is 0.0982. The zero-order chi connectivity index (χ0) is 17.4. The molecule has 6 heteroatoms. The van der Waals surface area contributed by atoms with Crippen LogP contribution >= 0.6 is 24.0 Å². The Morgan fingerprint density at radius 1 is 1.20 bits per heavy atom. The van der Waals surface area contributed by atoms with Gasteiger partial charge in [0.05, 0.1) is 0 Å². The largest absolute Gasteiger partial charge is 0.356 e. The molecule has 0 saturated carbocycles. The van der Waals surface area contributed by atoms with Crippen molar-refractivity contribution in [3.8, 4) is 0 Å². The van der Waals surface area contributed by atoms with E-state index in [0.717, 1.165) is 31.0 Å². The van der Waals surface area contributed by atoms with Crippen molar-refractivity contribution < 1.29 is 4.39 Å². The number of likely N-dealkylation sites (tertiary alicyclic amines) is 1. The molecule has 0 radical (unpaired) electrons. The highest BCUT2D eigenvalue weighted by molar-refractivity contribution is 14.0. The van der Waals surface area contributed by atoms with Crippen molar-refractivity contribution in [3.63, 3.8) is 0 Å². The number of nitrogens with zero attached hydrogens (tertiary/aromatic N) is 2. The van der Waals surface area contributed by atoms with Crippen molar-refractivity contribution in [2.75, 3.05) is 33.2 Å². The highest BCUT2D eigenvalue weighted by Gasteiger charge is 2.27. The van der Waals surface area contributed by atoms with Gasteiger partial charge < -0.3 is 10.6 Å². The second-order valence-corrected chi connectivity index (χ2v) is 7.09. The Morgan fingerprint density at radius 2 is 1.92 bits per heavy atom. The summed E-state index contributed by atoms with van der Waals surface area (Å²) in [6.07, 6.45) is 4.71. The predicted molar refractivity (Wildman–Crippen MR) is 114 cm³/mol. The number of nitrogens with one attached hydrogen (secondary N) is 2. The van der Waals surface area contributed by atoms with Crippen LogP contribution in [0.3, 0.4) is 0 Å². The quantitative estimate of drug-likeness (QED) is 0.387. The van der Waals surface area contributed by atoms with Gasteiger partial charge in [0.2, 0.25) is 0 Å². The Kier molecular flexibility index (Phi) is 9.71. The Hall–Kier alpha value is -0.890. The van der Waals surface area contributed by atoms with Crippen molar-refractivity contribution in [1.29, 1.82) is 0 Å². The molecule has 0 bridgehead atoms. The molecule has 0 amide bonds. The van der Waals surface area contributed by atoms with E-state index >= 15 is 0 Å². The minimum Gasteiger partial charge on any atom is -0.356 e. The van der Waals surface area contributed by atoms with Crippen molar-refractivity contribution in [2.24, 2.45) is 4.99 Å². The van der Waals surface area contributed by atoms with Crippen molar-refractivity contribution >= 4 is 29.9 Å². The lowest BCUT2D eigenvalue weighted by Crippen LogP contribution is -2.55. The molecule has 2 N–H and O–H groups in total. The third kappa shape index (κ3) is 7.48. The van der Waals surface area contributed by atoms with Gasteiger partial charge in [0.25, 0.3) is 0 Å². The van der Waals surface area contributed by atoms with Gasteiger partial charge in [-0.05, 0) is 63.9 Å². The van der Waals surface area contributed by atoms with E-state index in [1.165, 1.54) is 38.4 Å². The third-order valence-corrected chi connectivity index (χ3v) is 4.72. The molecule has 1 fully saturated rings. The molecule has 1 aliphatic heterocycles. The molecule has 2 rings (SSSR count). The third-order valence-electron chi connectivity index (χ3n) is 4.72. The Bertz CT molecular complexity index is 542. The first-order valence-electron chi connectivity index (χ1n) is 8.95. The summed E-state index contributed by atoms with van der Waals surface area (Å²) in [5.74, 6) is 0.620. The molecular formula is C19H32FIN4. The van der Waals surface area contributed by atoms with Gasteiger partial charge in [0.15, 0.2) is 5.96 Å². The van der Waals surface area contributed by atoms with Crippen molar-refractivity contribution in [1.82, 2.24) is 15.5 Å². The van der Waals surface area contributed by atoms with Crippen LogP contribution in [0.5, 0.6) is 0 Å². The van der Waals surface area contributed by atoms with E-state index < -0.39 is 0 Å². The van der Waals surface area contributed by atoms with Gasteiger partial charge >= 0.3 is 0 Å². The van der Waals surface area contributed by atoms with Crippen LogP contribution in [0.1, 0.15) is 38.7 Å². The van der Waals surface area contributed by atoms with Crippen LogP contribution < -0.4 is 10.6 Å². The second kappa shape index (κ2) is 11.0. The molecule has 25 heavy (non-hydrogen) atoms. The summed E-state index contributed by atoms with van der Waals surface area (Å²) in [5.41, 5.74) is 1.10. The molecule has 1 aromatic rings. The SMILES string of the molecule is CN=C(NCCc1cccc(F)c1)NCC(C)(C)N1CCCCC1.I. The lowest BCUT2D eigenvalue weighted by Gasteiger charge is -2.41. The van der Waals surface area contributed by atoms with E-state index in [4.69, 9.17) is 0 Å². The first-order chi connectivity index (χ1) is 11.5. The average Bonchev–Trinajstić information content (AvgIpc) is 2.59. The summed E-state index contributed by atoms with van der Waals surface area (Å²) in [6, 6.07) is 6.75. The summed E-state index contributed by atoms with van der Waals surface area (Å²) in [4.78, 5) is 6.85. The van der Waals surface area contributed by atoms with E-state index in [-0.39, 0.29) is 35.3 Å². The Labute approximate surface area is 168 Å². The van der Waals surface area contributed by atoms with Crippen LogP contribution in [-0.4, -0.2) is 49.6 Å². The zero-order valence-electron chi connectivity index (χ0n) is 15.6. The first kappa shape index (κ1) is 22.2. The number of halogens is 2. The molecule has 0 spiro atoms. The topological polar surface area (TPSA) is 39.7 Å². The van der Waals surface area contributed by atoms with Gasteiger partial charge in [0, 0.05) is 25.7 Å². The number of benzene rings is 1. The fraction of sp³-hybridized carbons (Fsp3) is 0.632. The zero-order valence-corrected chi connectivity index (χ0v) is 18.0. The number of aliphatic imine (C=N–C) groups is 1. The maximum Gasteiger partial charge on any atom is 0.191 e. The Morgan fingerprint density at radius 3 is 2.56 bits per heavy atom. The number of guanidine groups is 1. The predicted octanol–water partition coefficient (Wildman–Crippen LogP) is 3.42. The minimum absolute atomic E-state index is 0. The smallest absolute Gasteiger partial charge is 0.191 e. The molecule has 142 valence electrons. The molecule has 4 nitrogen and oxygen atoms in total. The standard InChI is InChI=1S/C19H31FN4.HI/c1-19(2,24-12-5-4-6-13-24)15-23-18(21-3)22-11-10-16-8-7-9-17(20)14-16;/h7-9,14H,4-6,10-13,15H2,1-3H3,(H2,21,22,23);1H. The molecule has 1 saturated heterocycles. The molecule has 1 heterocycles. The molecule has 0 aliphatic carbocycles. The van der Waals surface area contributed by atoms with E-state index in [0.29, 0.717) is 0 Å². The van der Waals surface area contributed by atoms with Crippen LogP contribution in [-0.2, 0) is 6.42 Å². The van der Waals surface area contributed by atoms with Gasteiger partial charge in [0.1, 0.15) is 5.82 Å². The van der Waals surface area contributed by atoms with Gasteiger partial charge in [-0.15, -0.1) is 24.0 Å². The first-order valence-corrected chi connectivity index (χ1v) is 8.95. The maximum absolute atomic E-state index is 13.2. The minimum atomic E-state index is -0.182. The lowest BCUT2D eigenvalue weighted by atomic mass is 9.98. The van der Waals surface area contributed by atoms with Crippen LogP contribution in [0.4, 0.5) is 4.39 Å². The highest BCUT2D eigenvalue weighted by Crippen LogP contribution is 2.19. The van der Waals surface area contributed by atoms with Gasteiger partial charge in [-0.1, -0.05) is 18.6 Å². The van der Waals surface area contributed by atoms with Crippen molar-refractivity contribution in [3.05, 3.63) is 35.6 Å². The van der Waals surface area contributed by atoms with Gasteiger partial charge in [-0.2, -0.15) is 0 Å². The fourth-order valence-corrected chi connectivity index (χ4v) is 3.15. The molecule has 1 aromatic carbocycles. The summed E-state index contributed by atoms with van der Waals surface area (Å²) >= 11 is 0. The maximum atomic E-state index is 13.2. The number of rotatable bonds is 6. The summed E-state index contributed by atoms with van der Waals surface area (Å²) in [6.45, 7) is 8.51. The van der Waals surface area contributed by atoms with Crippen LogP contribution in [0, 0.1) is 5.82 Å². The average molecular weight is 462 g/mol. The van der Waals surface area contributed by atoms with E-state index in [1.54, 1.807) is 19.2 Å². The van der Waals surface area contributed by atoms with Crippen LogP contribution in [0.25, 0.3) is 0 Å². The van der Waals surface area contributed by atoms with E-state index in [1.807, 2.05) is 6.07 Å². The monoisotopic (exact) mass is 462 g/mol. The van der Waals surface area contributed by atoms with Gasteiger partial charge in [-0.3, -0.25) is 9.89 Å². The molecule has 0 aromatic heterocycles. The molecule has 0 unspecified atom stereocenters. The summed E-state index contributed by atoms with van der Waals surface area (Å²) in [5, 5.41) is 6.74. The molecule has 1 aliphatic rings. The van der Waals surface area contributed by atoms with Crippen LogP contribution in [0.15, 0.2) is 29.3 Å². The molecular weight excluding hydrogens is 430 g/mol. The van der Waals surface area contributed by atoms with Gasteiger partial charge in [-0.25, -0.2) is 4.39 Å². The fourth-order valence-electron chi connectivity index (χ4n) is 3.15. The molecule has 0 atom stereocenters. The van der Waals surface area contributed by atoms with Crippen LogP contribution in [0.2, 0.25) is 0 Å². The van der Waals surface area contributed by atoms with Crippen molar-refractivity contribution in [2.45, 2.75) is 45.1 Å². The van der Waals surface area contributed by atoms with E-state index in [2.05, 4.69) is 34.4 Å². The van der Waals surface area contributed by atoms with E-state index in [9.17, 15) is 4.39 Å². The normalized spacial score (nSPS) is 16.2. The number of piperidine rings is 1.